The van der Waals surface area contributed by atoms with Gasteiger partial charge in [-0.1, -0.05) is 12.1 Å². The second-order valence-corrected chi connectivity index (χ2v) is 5.23. The van der Waals surface area contributed by atoms with Crippen LogP contribution in [0, 0.1) is 0 Å². The first-order chi connectivity index (χ1) is 11.5. The van der Waals surface area contributed by atoms with Crippen LogP contribution in [0.5, 0.6) is 5.75 Å². The molecule has 0 fully saturated rings. The molecule has 2 aromatic carbocycles. The van der Waals surface area contributed by atoms with E-state index in [0.29, 0.717) is 23.6 Å². The van der Waals surface area contributed by atoms with Crippen LogP contribution >= 0.6 is 0 Å². The van der Waals surface area contributed by atoms with E-state index >= 15 is 0 Å². The number of carbonyl (C=O) groups excluding carboxylic acids is 2. The quantitative estimate of drug-likeness (QED) is 0.729. The standard InChI is InChI=1S/C18H21N3O3/c1-3-24-16-7-5-4-6-15(16)20-12(2)18(23)21-14-10-8-13(9-11-14)17(19)22/h4-12,20H,3H2,1-2H3,(H2,19,22)(H,21,23)/t12-/m1/s1. The number of hydrogen-bond donors (Lipinski definition) is 3. The lowest BCUT2D eigenvalue weighted by Crippen LogP contribution is -2.32. The van der Waals surface area contributed by atoms with Crippen molar-refractivity contribution in [3.63, 3.8) is 0 Å². The summed E-state index contributed by atoms with van der Waals surface area (Å²) in [4.78, 5) is 23.3. The van der Waals surface area contributed by atoms with Crippen molar-refractivity contribution in [2.75, 3.05) is 17.2 Å². The topological polar surface area (TPSA) is 93.4 Å². The van der Waals surface area contributed by atoms with Crippen molar-refractivity contribution in [2.45, 2.75) is 19.9 Å². The summed E-state index contributed by atoms with van der Waals surface area (Å²) in [5.41, 5.74) is 6.93. The van der Waals surface area contributed by atoms with Crippen molar-refractivity contribution in [3.05, 3.63) is 54.1 Å². The predicted molar refractivity (Wildman–Crippen MR) is 94.3 cm³/mol. The van der Waals surface area contributed by atoms with Crippen LogP contribution in [0.15, 0.2) is 48.5 Å². The van der Waals surface area contributed by atoms with E-state index in [-0.39, 0.29) is 5.91 Å². The molecule has 0 unspecified atom stereocenters. The summed E-state index contributed by atoms with van der Waals surface area (Å²) in [5.74, 6) is -0.00553. The fourth-order valence-corrected chi connectivity index (χ4v) is 2.13. The molecular weight excluding hydrogens is 306 g/mol. The summed E-state index contributed by atoms with van der Waals surface area (Å²) in [6.45, 7) is 4.21. The van der Waals surface area contributed by atoms with Gasteiger partial charge in [0.2, 0.25) is 11.8 Å². The van der Waals surface area contributed by atoms with Crippen LogP contribution in [0.3, 0.4) is 0 Å². The van der Waals surface area contributed by atoms with Crippen molar-refractivity contribution in [3.8, 4) is 5.75 Å². The van der Waals surface area contributed by atoms with Crippen LogP contribution in [0.4, 0.5) is 11.4 Å². The molecule has 0 spiro atoms. The van der Waals surface area contributed by atoms with E-state index in [1.807, 2.05) is 31.2 Å². The molecule has 0 aliphatic carbocycles. The molecule has 0 bridgehead atoms. The highest BCUT2D eigenvalue weighted by Gasteiger charge is 2.15. The van der Waals surface area contributed by atoms with Crippen LogP contribution in [0.25, 0.3) is 0 Å². The fraction of sp³-hybridized carbons (Fsp3) is 0.222. The van der Waals surface area contributed by atoms with Gasteiger partial charge < -0.3 is 21.1 Å². The van der Waals surface area contributed by atoms with Gasteiger partial charge >= 0.3 is 0 Å². The van der Waals surface area contributed by atoms with Gasteiger partial charge in [-0.3, -0.25) is 9.59 Å². The molecule has 0 aliphatic heterocycles. The van der Waals surface area contributed by atoms with Gasteiger partial charge in [-0.25, -0.2) is 0 Å². The Labute approximate surface area is 141 Å². The number of rotatable bonds is 7. The second-order valence-electron chi connectivity index (χ2n) is 5.23. The number of ether oxygens (including phenoxy) is 1. The zero-order valence-corrected chi connectivity index (χ0v) is 13.7. The lowest BCUT2D eigenvalue weighted by molar-refractivity contribution is -0.116. The van der Waals surface area contributed by atoms with E-state index in [9.17, 15) is 9.59 Å². The van der Waals surface area contributed by atoms with Crippen molar-refractivity contribution in [1.82, 2.24) is 0 Å². The fourth-order valence-electron chi connectivity index (χ4n) is 2.13. The summed E-state index contributed by atoms with van der Waals surface area (Å²) in [5, 5.41) is 5.92. The summed E-state index contributed by atoms with van der Waals surface area (Å²) < 4.78 is 5.53. The maximum atomic E-state index is 12.3. The van der Waals surface area contributed by atoms with Crippen molar-refractivity contribution in [1.29, 1.82) is 0 Å². The first kappa shape index (κ1) is 17.3. The molecule has 24 heavy (non-hydrogen) atoms. The number of amides is 2. The SMILES string of the molecule is CCOc1ccccc1N[C@H](C)C(=O)Nc1ccc(C(N)=O)cc1. The van der Waals surface area contributed by atoms with Gasteiger partial charge in [0.1, 0.15) is 11.8 Å². The van der Waals surface area contributed by atoms with Crippen LogP contribution < -0.4 is 21.1 Å². The van der Waals surface area contributed by atoms with Gasteiger partial charge in [0.15, 0.2) is 0 Å². The molecule has 2 aromatic rings. The zero-order chi connectivity index (χ0) is 17.5. The summed E-state index contributed by atoms with van der Waals surface area (Å²) in [7, 11) is 0. The normalized spacial score (nSPS) is 11.4. The average molecular weight is 327 g/mol. The molecule has 4 N–H and O–H groups in total. The summed E-state index contributed by atoms with van der Waals surface area (Å²) in [6, 6.07) is 13.4. The number of benzene rings is 2. The Hall–Kier alpha value is -3.02. The highest BCUT2D eigenvalue weighted by atomic mass is 16.5. The monoisotopic (exact) mass is 327 g/mol. The third-order valence-corrected chi connectivity index (χ3v) is 3.39. The van der Waals surface area contributed by atoms with Gasteiger partial charge in [-0.05, 0) is 50.2 Å². The lowest BCUT2D eigenvalue weighted by Gasteiger charge is -2.18. The maximum absolute atomic E-state index is 12.3. The minimum atomic E-state index is -0.504. The smallest absolute Gasteiger partial charge is 0.248 e. The Balaban J connectivity index is 2.01. The molecular formula is C18H21N3O3. The maximum Gasteiger partial charge on any atom is 0.248 e. The number of para-hydroxylation sites is 2. The molecule has 1 atom stereocenters. The minimum absolute atomic E-state index is 0.201. The molecule has 6 nitrogen and oxygen atoms in total. The van der Waals surface area contributed by atoms with Gasteiger partial charge in [0.05, 0.1) is 12.3 Å². The molecule has 0 saturated carbocycles. The highest BCUT2D eigenvalue weighted by Crippen LogP contribution is 2.24. The molecule has 2 amide bonds. The zero-order valence-electron chi connectivity index (χ0n) is 13.7. The number of hydrogen-bond acceptors (Lipinski definition) is 4. The lowest BCUT2D eigenvalue weighted by atomic mass is 10.2. The summed E-state index contributed by atoms with van der Waals surface area (Å²) in [6.07, 6.45) is 0. The van der Waals surface area contributed by atoms with Crippen molar-refractivity contribution < 1.29 is 14.3 Å². The molecule has 0 aliphatic rings. The number of nitrogens with one attached hydrogen (secondary N) is 2. The molecule has 2 rings (SSSR count). The molecule has 0 radical (unpaired) electrons. The number of primary amides is 1. The van der Waals surface area contributed by atoms with Gasteiger partial charge in [-0.15, -0.1) is 0 Å². The third-order valence-electron chi connectivity index (χ3n) is 3.39. The third kappa shape index (κ3) is 4.49. The van der Waals surface area contributed by atoms with E-state index in [4.69, 9.17) is 10.5 Å². The molecule has 0 saturated heterocycles. The molecule has 6 heteroatoms. The van der Waals surface area contributed by atoms with E-state index in [0.717, 1.165) is 5.69 Å². The van der Waals surface area contributed by atoms with Crippen molar-refractivity contribution >= 4 is 23.2 Å². The Morgan fingerprint density at radius 2 is 1.79 bits per heavy atom. The van der Waals surface area contributed by atoms with Crippen LogP contribution in [0.1, 0.15) is 24.2 Å². The number of carbonyl (C=O) groups is 2. The predicted octanol–water partition coefficient (Wildman–Crippen LogP) is 2.62. The van der Waals surface area contributed by atoms with Crippen LogP contribution in [-0.2, 0) is 4.79 Å². The van der Waals surface area contributed by atoms with E-state index in [1.54, 1.807) is 31.2 Å². The van der Waals surface area contributed by atoms with Gasteiger partial charge in [-0.2, -0.15) is 0 Å². The molecule has 0 heterocycles. The largest absolute Gasteiger partial charge is 0.492 e. The highest BCUT2D eigenvalue weighted by molar-refractivity contribution is 5.97. The number of anilines is 2. The van der Waals surface area contributed by atoms with Crippen molar-refractivity contribution in [2.24, 2.45) is 5.73 Å². The Morgan fingerprint density at radius 1 is 1.12 bits per heavy atom. The van der Waals surface area contributed by atoms with Crippen LogP contribution in [-0.4, -0.2) is 24.5 Å². The Morgan fingerprint density at radius 3 is 2.42 bits per heavy atom. The first-order valence-electron chi connectivity index (χ1n) is 7.70. The number of nitrogens with two attached hydrogens (primary N) is 1. The van der Waals surface area contributed by atoms with Crippen LogP contribution in [0.2, 0.25) is 0 Å². The average Bonchev–Trinajstić information content (AvgIpc) is 2.57. The second kappa shape index (κ2) is 8.01. The Kier molecular flexibility index (Phi) is 5.78. The van der Waals surface area contributed by atoms with E-state index in [1.165, 1.54) is 0 Å². The Bertz CT molecular complexity index is 714. The van der Waals surface area contributed by atoms with Gasteiger partial charge in [0, 0.05) is 11.3 Å². The molecule has 0 aromatic heterocycles. The van der Waals surface area contributed by atoms with E-state index in [2.05, 4.69) is 10.6 Å². The summed E-state index contributed by atoms with van der Waals surface area (Å²) >= 11 is 0. The van der Waals surface area contributed by atoms with Gasteiger partial charge in [0.25, 0.3) is 0 Å². The molecule has 126 valence electrons. The first-order valence-corrected chi connectivity index (χ1v) is 7.70. The van der Waals surface area contributed by atoms with E-state index < -0.39 is 11.9 Å². The minimum Gasteiger partial charge on any atom is -0.492 e.